The molecular weight excluding hydrogens is 365 g/mol. The molecule has 2 unspecified atom stereocenters. The first-order valence-corrected chi connectivity index (χ1v) is 8.51. The summed E-state index contributed by atoms with van der Waals surface area (Å²) in [5.41, 5.74) is 9.89. The van der Waals surface area contributed by atoms with Gasteiger partial charge in [-0.15, -0.1) is 6.42 Å². The molecule has 0 radical (unpaired) electrons. The summed E-state index contributed by atoms with van der Waals surface area (Å²) in [4.78, 5) is 12.3. The van der Waals surface area contributed by atoms with E-state index in [9.17, 15) is 14.3 Å². The van der Waals surface area contributed by atoms with Crippen molar-refractivity contribution >= 4 is 11.6 Å². The number of ether oxygens (including phenoxy) is 1. The molecule has 0 spiro atoms. The Balaban J connectivity index is 0.000000246. The lowest BCUT2D eigenvalue weighted by Crippen LogP contribution is -2.48. The third-order valence-electron chi connectivity index (χ3n) is 3.71. The van der Waals surface area contributed by atoms with Gasteiger partial charge in [0.15, 0.2) is 6.23 Å². The first kappa shape index (κ1) is 22.9. The van der Waals surface area contributed by atoms with E-state index in [2.05, 4.69) is 16.4 Å². The fourth-order valence-electron chi connectivity index (χ4n) is 2.40. The van der Waals surface area contributed by atoms with E-state index in [4.69, 9.17) is 16.4 Å². The predicted molar refractivity (Wildman–Crippen MR) is 102 cm³/mol. The van der Waals surface area contributed by atoms with Crippen molar-refractivity contribution in [3.8, 4) is 18.4 Å². The summed E-state index contributed by atoms with van der Waals surface area (Å²) in [5.74, 6) is 1.28. The number of likely N-dealkylation sites (N-methyl/N-ethyl adjacent to an activating group) is 1. The summed E-state index contributed by atoms with van der Waals surface area (Å²) in [6.07, 6.45) is 6.92. The smallest absolute Gasteiger partial charge is 0.300 e. The van der Waals surface area contributed by atoms with Crippen LogP contribution in [0.25, 0.3) is 5.70 Å². The van der Waals surface area contributed by atoms with Crippen LogP contribution >= 0.6 is 0 Å². The molecule has 8 nitrogen and oxygen atoms in total. The Morgan fingerprint density at radius 3 is 2.75 bits per heavy atom. The van der Waals surface area contributed by atoms with Gasteiger partial charge in [0.25, 0.3) is 5.91 Å². The molecule has 2 heterocycles. The Morgan fingerprint density at radius 1 is 1.50 bits per heavy atom. The van der Waals surface area contributed by atoms with Crippen LogP contribution in [0.4, 0.5) is 4.39 Å². The van der Waals surface area contributed by atoms with Gasteiger partial charge in [-0.3, -0.25) is 4.79 Å². The maximum atomic E-state index is 12.7. The SMILES string of the molecule is C#CC(=O)N(C)C1OCCCC1O.CC#N.Fc1cccc(C2=CNNN2)c1. The van der Waals surface area contributed by atoms with Crippen LogP contribution in [0.15, 0.2) is 30.5 Å². The van der Waals surface area contributed by atoms with Gasteiger partial charge in [-0.05, 0) is 30.9 Å². The van der Waals surface area contributed by atoms with Crippen molar-refractivity contribution in [1.82, 2.24) is 21.3 Å². The number of hydrogen-bond acceptors (Lipinski definition) is 7. The highest BCUT2D eigenvalue weighted by Gasteiger charge is 2.29. The Bertz CT molecular complexity index is 757. The zero-order valence-corrected chi connectivity index (χ0v) is 15.8. The van der Waals surface area contributed by atoms with Crippen molar-refractivity contribution in [3.05, 3.63) is 41.8 Å². The molecule has 9 heteroatoms. The van der Waals surface area contributed by atoms with E-state index < -0.39 is 18.2 Å². The van der Waals surface area contributed by atoms with Gasteiger partial charge in [0.2, 0.25) is 0 Å². The van der Waals surface area contributed by atoms with E-state index in [1.807, 2.05) is 12.0 Å². The number of nitriles is 1. The number of rotatable bonds is 2. The van der Waals surface area contributed by atoms with E-state index in [1.54, 1.807) is 18.3 Å². The highest BCUT2D eigenvalue weighted by molar-refractivity contribution is 5.92. The molecule has 0 aliphatic carbocycles. The van der Waals surface area contributed by atoms with Crippen LogP contribution in [0.3, 0.4) is 0 Å². The third-order valence-corrected chi connectivity index (χ3v) is 3.71. The zero-order chi connectivity index (χ0) is 20.9. The second-order valence-corrected chi connectivity index (χ2v) is 5.72. The minimum atomic E-state index is -0.629. The fourth-order valence-corrected chi connectivity index (χ4v) is 2.40. The van der Waals surface area contributed by atoms with E-state index >= 15 is 0 Å². The topological polar surface area (TPSA) is 110 Å². The molecular formula is C19H24FN5O3. The van der Waals surface area contributed by atoms with Crippen molar-refractivity contribution in [1.29, 1.82) is 5.26 Å². The maximum absolute atomic E-state index is 12.7. The van der Waals surface area contributed by atoms with Crippen molar-refractivity contribution < 1.29 is 19.0 Å². The Labute approximate surface area is 163 Å². The van der Waals surface area contributed by atoms with E-state index in [0.29, 0.717) is 13.0 Å². The molecule has 3 rings (SSSR count). The van der Waals surface area contributed by atoms with Gasteiger partial charge in [0, 0.05) is 32.3 Å². The summed E-state index contributed by atoms with van der Waals surface area (Å²) in [6.45, 7) is 1.99. The monoisotopic (exact) mass is 389 g/mol. The second kappa shape index (κ2) is 12.3. The molecule has 1 aromatic carbocycles. The molecule has 2 atom stereocenters. The molecule has 1 saturated heterocycles. The van der Waals surface area contributed by atoms with Crippen LogP contribution < -0.4 is 16.4 Å². The van der Waals surface area contributed by atoms with Crippen molar-refractivity contribution in [2.45, 2.75) is 32.1 Å². The number of aliphatic hydroxyl groups is 1. The summed E-state index contributed by atoms with van der Waals surface area (Å²) in [6, 6.07) is 8.13. The quantitative estimate of drug-likeness (QED) is 0.555. The number of aliphatic hydroxyl groups excluding tert-OH is 1. The molecule has 1 aromatic rings. The van der Waals surface area contributed by atoms with Crippen LogP contribution in [0.5, 0.6) is 0 Å². The van der Waals surface area contributed by atoms with E-state index in [1.165, 1.54) is 31.0 Å². The van der Waals surface area contributed by atoms with Crippen LogP contribution in [0.1, 0.15) is 25.3 Å². The van der Waals surface area contributed by atoms with Gasteiger partial charge in [-0.2, -0.15) is 10.8 Å². The van der Waals surface area contributed by atoms with Crippen molar-refractivity contribution in [2.75, 3.05) is 13.7 Å². The number of carbonyl (C=O) groups excluding carboxylic acids is 1. The van der Waals surface area contributed by atoms with Gasteiger partial charge < -0.3 is 25.6 Å². The molecule has 0 saturated carbocycles. The Kier molecular flexibility index (Phi) is 10.1. The van der Waals surface area contributed by atoms with Gasteiger partial charge >= 0.3 is 0 Å². The lowest BCUT2D eigenvalue weighted by Gasteiger charge is -2.33. The van der Waals surface area contributed by atoms with Gasteiger partial charge in [-0.1, -0.05) is 12.1 Å². The molecule has 1 fully saturated rings. The molecule has 28 heavy (non-hydrogen) atoms. The largest absolute Gasteiger partial charge is 0.388 e. The standard InChI is InChI=1S/C9H13NO3.C8H8FN3.C2H3N/c1-3-8(12)10(2)9-7(11)5-4-6-13-9;9-7-3-1-2-6(4-7)8-5-10-12-11-8;1-2-3/h1,7,9,11H,4-6H2,2H3;1-5,10-12H;1H3. The number of nitrogens with zero attached hydrogens (tertiary/aromatic N) is 2. The normalized spacial score (nSPS) is 19.6. The first-order valence-electron chi connectivity index (χ1n) is 8.51. The molecule has 0 bridgehead atoms. The molecule has 1 amide bonds. The number of carbonyl (C=O) groups is 1. The second-order valence-electron chi connectivity index (χ2n) is 5.72. The summed E-state index contributed by atoms with van der Waals surface area (Å²) >= 11 is 0. The molecule has 2 aliphatic rings. The number of amides is 1. The number of terminal acetylenes is 1. The first-order chi connectivity index (χ1) is 13.4. The lowest BCUT2D eigenvalue weighted by molar-refractivity contribution is -0.162. The van der Waals surface area contributed by atoms with E-state index in [-0.39, 0.29) is 5.82 Å². The van der Waals surface area contributed by atoms with Crippen LogP contribution in [-0.2, 0) is 9.53 Å². The number of halogens is 1. The van der Waals surface area contributed by atoms with Crippen molar-refractivity contribution in [3.63, 3.8) is 0 Å². The predicted octanol–water partition coefficient (Wildman–Crippen LogP) is 0.842. The zero-order valence-electron chi connectivity index (χ0n) is 15.8. The van der Waals surface area contributed by atoms with Gasteiger partial charge in [-0.25, -0.2) is 4.39 Å². The molecule has 150 valence electrons. The van der Waals surface area contributed by atoms with Crippen molar-refractivity contribution in [2.24, 2.45) is 0 Å². The summed E-state index contributed by atoms with van der Waals surface area (Å²) in [7, 11) is 1.53. The maximum Gasteiger partial charge on any atom is 0.300 e. The Morgan fingerprint density at radius 2 is 2.21 bits per heavy atom. The van der Waals surface area contributed by atoms with Crippen LogP contribution in [0.2, 0.25) is 0 Å². The average Bonchev–Trinajstić information content (AvgIpc) is 3.23. The number of benzene rings is 1. The molecule has 2 aliphatic heterocycles. The summed E-state index contributed by atoms with van der Waals surface area (Å²) in [5, 5.41) is 16.8. The van der Waals surface area contributed by atoms with Gasteiger partial charge in [0.1, 0.15) is 5.82 Å². The Hall–Kier alpha value is -3.11. The number of nitrogens with one attached hydrogen (secondary N) is 3. The number of hydrogen-bond donors (Lipinski definition) is 4. The highest BCUT2D eigenvalue weighted by Crippen LogP contribution is 2.16. The minimum absolute atomic E-state index is 0.234. The molecule has 4 N–H and O–H groups in total. The minimum Gasteiger partial charge on any atom is -0.388 e. The van der Waals surface area contributed by atoms with Crippen LogP contribution in [0, 0.1) is 29.5 Å². The summed E-state index contributed by atoms with van der Waals surface area (Å²) < 4.78 is 18.0. The lowest BCUT2D eigenvalue weighted by atomic mass is 10.1. The number of hydrazine groups is 2. The molecule has 0 aromatic heterocycles. The fraction of sp³-hybridized carbons (Fsp3) is 0.368. The highest BCUT2D eigenvalue weighted by atomic mass is 19.1. The average molecular weight is 389 g/mol. The van der Waals surface area contributed by atoms with Crippen LogP contribution in [-0.4, -0.2) is 41.9 Å². The third kappa shape index (κ3) is 7.25. The van der Waals surface area contributed by atoms with E-state index in [0.717, 1.165) is 17.7 Å². The van der Waals surface area contributed by atoms with Gasteiger partial charge in [0.05, 0.1) is 17.9 Å².